The molecular formula is C23H33N10O9P. The second-order valence-corrected chi connectivity index (χ2v) is 11.3. The molecule has 0 saturated carbocycles. The molecule has 1 aliphatic heterocycles. The van der Waals surface area contributed by atoms with Gasteiger partial charge in [0.25, 0.3) is 0 Å². The van der Waals surface area contributed by atoms with E-state index in [-0.39, 0.29) is 18.2 Å². The average Bonchev–Trinajstić information content (AvgIpc) is 3.72. The number of aliphatic hydroxyl groups excluding tert-OH is 2. The van der Waals surface area contributed by atoms with Gasteiger partial charge in [0.05, 0.1) is 38.0 Å². The van der Waals surface area contributed by atoms with Crippen LogP contribution in [0.1, 0.15) is 32.0 Å². The Morgan fingerprint density at radius 3 is 2.33 bits per heavy atom. The predicted octanol–water partition coefficient (Wildman–Crippen LogP) is -0.699. The highest BCUT2D eigenvalue weighted by Crippen LogP contribution is 2.37. The zero-order valence-corrected chi connectivity index (χ0v) is 24.1. The first-order chi connectivity index (χ1) is 20.5. The van der Waals surface area contributed by atoms with E-state index in [0.29, 0.717) is 35.2 Å². The van der Waals surface area contributed by atoms with Gasteiger partial charge in [-0.15, -0.1) is 0 Å². The van der Waals surface area contributed by atoms with Crippen molar-refractivity contribution in [2.75, 3.05) is 31.8 Å². The molecule has 0 aliphatic carbocycles. The van der Waals surface area contributed by atoms with E-state index in [2.05, 4.69) is 34.4 Å². The van der Waals surface area contributed by atoms with Gasteiger partial charge in [0.15, 0.2) is 22.9 Å². The Bertz CT molecular complexity index is 1600. The summed E-state index contributed by atoms with van der Waals surface area (Å²) in [4.78, 5) is 43.2. The van der Waals surface area contributed by atoms with Crippen LogP contribution in [0, 0.1) is 0 Å². The molecule has 0 aromatic carbocycles. The van der Waals surface area contributed by atoms with Crippen molar-refractivity contribution < 1.29 is 43.3 Å². The van der Waals surface area contributed by atoms with Crippen LogP contribution in [0.2, 0.25) is 0 Å². The van der Waals surface area contributed by atoms with Gasteiger partial charge in [-0.3, -0.25) is 9.09 Å². The van der Waals surface area contributed by atoms with E-state index in [1.807, 2.05) is 0 Å². The van der Waals surface area contributed by atoms with Crippen LogP contribution >= 0.6 is 7.82 Å². The highest BCUT2D eigenvalue weighted by atomic mass is 31.2. The Balaban J connectivity index is 1.31. The van der Waals surface area contributed by atoms with Crippen LogP contribution in [0.4, 0.5) is 11.6 Å². The molecular weight excluding hydrogens is 591 g/mol. The Morgan fingerprint density at radius 1 is 1.00 bits per heavy atom. The molecule has 4 aromatic rings. The van der Waals surface area contributed by atoms with E-state index in [1.54, 1.807) is 22.4 Å². The number of methoxy groups -OCH3 is 1. The third-order valence-corrected chi connectivity index (χ3v) is 7.83. The van der Waals surface area contributed by atoms with E-state index < -0.39 is 57.2 Å². The van der Waals surface area contributed by atoms with Crippen LogP contribution in [0.3, 0.4) is 0 Å². The van der Waals surface area contributed by atoms with Crippen molar-refractivity contribution in [3.05, 3.63) is 25.3 Å². The quantitative estimate of drug-likeness (QED) is 0.100. The fourth-order valence-electron chi connectivity index (χ4n) is 5.03. The molecule has 5 rings (SSSR count). The molecule has 1 fully saturated rings. The number of nitrogens with zero attached hydrogens (tertiary/aromatic N) is 8. The lowest BCUT2D eigenvalue weighted by atomic mass is 10.0. The second-order valence-electron chi connectivity index (χ2n) is 10.0. The molecule has 5 heterocycles. The van der Waals surface area contributed by atoms with Gasteiger partial charge in [0.1, 0.15) is 54.3 Å². The predicted molar refractivity (Wildman–Crippen MR) is 148 cm³/mol. The largest absolute Gasteiger partial charge is 0.469 e. The number of hydrogen-bond acceptors (Lipinski definition) is 15. The summed E-state index contributed by atoms with van der Waals surface area (Å²) in [6.07, 6.45) is 0.510. The normalized spacial score (nSPS) is 21.3. The van der Waals surface area contributed by atoms with Gasteiger partial charge in [-0.1, -0.05) is 0 Å². The number of aromatic nitrogens is 8. The molecule has 0 amide bonds. The highest BCUT2D eigenvalue weighted by molar-refractivity contribution is 7.46. The summed E-state index contributed by atoms with van der Waals surface area (Å²) in [6, 6.07) is -0.759. The zero-order valence-electron chi connectivity index (χ0n) is 23.2. The molecule has 234 valence electrons. The number of hydrogen-bond donors (Lipinski definition) is 6. The topological polar surface area (TPSA) is 274 Å². The molecule has 7 atom stereocenters. The molecule has 0 spiro atoms. The van der Waals surface area contributed by atoms with Crippen LogP contribution in [0.5, 0.6) is 0 Å². The molecule has 19 nitrogen and oxygen atoms in total. The molecule has 0 radical (unpaired) electrons. The number of imidazole rings is 2. The molecule has 1 aliphatic rings. The standard InChI is InChI=1S/C23H33N10O9P/c1-11(32-9-30-16-20(24)26-7-28-22(16)32)18(35)19(14(39-2)6-41-43(36,37)38)40-5-12(34)13-3-4-15(42-13)33-10-31-17-21(25)27-8-29-23(17)33/h7-15,18-19,34-35H,3-6H2,1-2H3,(H2,24,26,28)(H2,25,27,29)(H2,36,37,38)/t11?,12?,13?,14?,15-,18?,19?/m1/s1. The van der Waals surface area contributed by atoms with Crippen molar-refractivity contribution in [2.24, 2.45) is 0 Å². The summed E-state index contributed by atoms with van der Waals surface area (Å²) in [6.45, 7) is 0.719. The number of nitrogen functional groups attached to an aromatic ring is 2. The molecule has 43 heavy (non-hydrogen) atoms. The molecule has 0 bridgehead atoms. The number of fused-ring (bicyclic) bond motifs is 2. The van der Waals surface area contributed by atoms with Gasteiger partial charge in [0.2, 0.25) is 0 Å². The minimum absolute atomic E-state index is 0.153. The lowest BCUT2D eigenvalue weighted by molar-refractivity contribution is -0.159. The van der Waals surface area contributed by atoms with E-state index >= 15 is 0 Å². The fraction of sp³-hybridized carbons (Fsp3) is 0.565. The fourth-order valence-corrected chi connectivity index (χ4v) is 5.37. The average molecular weight is 625 g/mol. The monoisotopic (exact) mass is 624 g/mol. The lowest BCUT2D eigenvalue weighted by Gasteiger charge is -2.34. The van der Waals surface area contributed by atoms with E-state index in [1.165, 1.54) is 26.1 Å². The number of phosphoric ester groups is 1. The third-order valence-electron chi connectivity index (χ3n) is 7.35. The Hall–Kier alpha value is -3.39. The molecule has 4 aromatic heterocycles. The van der Waals surface area contributed by atoms with Crippen LogP contribution in [0.25, 0.3) is 22.3 Å². The van der Waals surface area contributed by atoms with Crippen LogP contribution in [-0.2, 0) is 23.3 Å². The smallest absolute Gasteiger partial charge is 0.388 e. The van der Waals surface area contributed by atoms with Crippen molar-refractivity contribution in [3.63, 3.8) is 0 Å². The summed E-state index contributed by atoms with van der Waals surface area (Å²) in [7, 11) is -3.60. The van der Waals surface area contributed by atoms with Gasteiger partial charge in [-0.05, 0) is 19.8 Å². The van der Waals surface area contributed by atoms with E-state index in [9.17, 15) is 24.6 Å². The molecule has 20 heteroatoms. The van der Waals surface area contributed by atoms with Crippen molar-refractivity contribution in [2.45, 2.75) is 62.6 Å². The number of rotatable bonds is 13. The van der Waals surface area contributed by atoms with Crippen LogP contribution < -0.4 is 11.5 Å². The van der Waals surface area contributed by atoms with Gasteiger partial charge >= 0.3 is 7.82 Å². The summed E-state index contributed by atoms with van der Waals surface area (Å²) >= 11 is 0. The number of ether oxygens (including phenoxy) is 3. The van der Waals surface area contributed by atoms with Crippen LogP contribution in [-0.4, -0.2) is 110 Å². The first kappa shape index (κ1) is 31.0. The zero-order chi connectivity index (χ0) is 30.9. The first-order valence-electron chi connectivity index (χ1n) is 13.2. The maximum Gasteiger partial charge on any atom is 0.469 e. The Labute approximate surface area is 244 Å². The first-order valence-corrected chi connectivity index (χ1v) is 14.7. The van der Waals surface area contributed by atoms with Gasteiger partial charge in [-0.2, -0.15) is 0 Å². The van der Waals surface area contributed by atoms with Crippen LogP contribution in [0.15, 0.2) is 25.3 Å². The van der Waals surface area contributed by atoms with Gasteiger partial charge < -0.3 is 50.2 Å². The van der Waals surface area contributed by atoms with Crippen molar-refractivity contribution in [1.29, 1.82) is 0 Å². The number of aliphatic hydroxyl groups is 2. The summed E-state index contributed by atoms with van der Waals surface area (Å²) in [5, 5.41) is 22.5. The second kappa shape index (κ2) is 12.7. The summed E-state index contributed by atoms with van der Waals surface area (Å²) in [5.74, 6) is 0.390. The highest BCUT2D eigenvalue weighted by Gasteiger charge is 2.38. The number of nitrogens with two attached hydrogens (primary N) is 2. The van der Waals surface area contributed by atoms with E-state index in [4.69, 9.17) is 25.7 Å². The van der Waals surface area contributed by atoms with Crippen molar-refractivity contribution in [3.8, 4) is 0 Å². The van der Waals surface area contributed by atoms with Crippen molar-refractivity contribution in [1.82, 2.24) is 39.0 Å². The maximum atomic E-state index is 11.5. The third kappa shape index (κ3) is 6.59. The molecule has 8 N–H and O–H groups in total. The molecule has 1 saturated heterocycles. The SMILES string of the molecule is COC(COP(=O)(O)O)C(OCC(O)C1CC[C@H](n2cnc3c(N)ncnc32)O1)C(O)C(C)n1cnc2c(N)ncnc21. The lowest BCUT2D eigenvalue weighted by Crippen LogP contribution is -2.48. The Kier molecular flexibility index (Phi) is 9.16. The maximum absolute atomic E-state index is 11.5. The van der Waals surface area contributed by atoms with Crippen molar-refractivity contribution >= 4 is 41.8 Å². The van der Waals surface area contributed by atoms with Gasteiger partial charge in [-0.25, -0.2) is 34.5 Å². The summed E-state index contributed by atoms with van der Waals surface area (Å²) < 4.78 is 36.8. The number of phosphoric acid groups is 1. The minimum Gasteiger partial charge on any atom is -0.388 e. The summed E-state index contributed by atoms with van der Waals surface area (Å²) in [5.41, 5.74) is 13.4. The Morgan fingerprint density at radius 2 is 1.65 bits per heavy atom. The number of anilines is 2. The molecule has 6 unspecified atom stereocenters. The van der Waals surface area contributed by atoms with Gasteiger partial charge in [0, 0.05) is 7.11 Å². The minimum atomic E-state index is -4.88. The van der Waals surface area contributed by atoms with E-state index in [0.717, 1.165) is 0 Å².